The summed E-state index contributed by atoms with van der Waals surface area (Å²) in [6.45, 7) is 0.536. The third-order valence-electron chi connectivity index (χ3n) is 4.46. The predicted molar refractivity (Wildman–Crippen MR) is 98.8 cm³/mol. The third-order valence-corrected chi connectivity index (χ3v) is 6.30. The van der Waals surface area contributed by atoms with Crippen LogP contribution >= 0.6 is 12.4 Å². The number of rotatable bonds is 6. The SMILES string of the molecule is COc1ccc(C(=O)NC2CCCC2CN)cc1S(=O)(=O)N(C)C.Cl. The van der Waals surface area contributed by atoms with Crippen LogP contribution in [0.15, 0.2) is 23.1 Å². The van der Waals surface area contributed by atoms with Crippen LogP contribution in [-0.4, -0.2) is 52.4 Å². The molecule has 1 aromatic rings. The van der Waals surface area contributed by atoms with Crippen LogP contribution in [0.2, 0.25) is 0 Å². The van der Waals surface area contributed by atoms with Gasteiger partial charge in [-0.05, 0) is 43.5 Å². The average Bonchev–Trinajstić information content (AvgIpc) is 3.01. The van der Waals surface area contributed by atoms with Crippen molar-refractivity contribution in [2.75, 3.05) is 27.7 Å². The number of ether oxygens (including phenoxy) is 1. The molecule has 1 fully saturated rings. The first-order valence-corrected chi connectivity index (χ1v) is 9.36. The largest absolute Gasteiger partial charge is 0.495 e. The molecule has 0 radical (unpaired) electrons. The summed E-state index contributed by atoms with van der Waals surface area (Å²) in [5.41, 5.74) is 6.03. The molecule has 0 aromatic heterocycles. The van der Waals surface area contributed by atoms with E-state index in [-0.39, 0.29) is 40.9 Å². The second kappa shape index (κ2) is 8.84. The van der Waals surface area contributed by atoms with Crippen molar-refractivity contribution in [3.63, 3.8) is 0 Å². The van der Waals surface area contributed by atoms with Gasteiger partial charge in [-0.25, -0.2) is 12.7 Å². The van der Waals surface area contributed by atoms with Gasteiger partial charge in [-0.1, -0.05) is 6.42 Å². The molecule has 142 valence electrons. The predicted octanol–water partition coefficient (Wildman–Crippen LogP) is 1.22. The lowest BCUT2D eigenvalue weighted by Gasteiger charge is -2.20. The van der Waals surface area contributed by atoms with Gasteiger partial charge in [0.2, 0.25) is 10.0 Å². The van der Waals surface area contributed by atoms with Crippen molar-refractivity contribution in [3.8, 4) is 5.75 Å². The Morgan fingerprint density at radius 2 is 2.04 bits per heavy atom. The number of nitrogens with one attached hydrogen (secondary N) is 1. The van der Waals surface area contributed by atoms with E-state index in [2.05, 4.69) is 5.32 Å². The highest BCUT2D eigenvalue weighted by Gasteiger charge is 2.29. The summed E-state index contributed by atoms with van der Waals surface area (Å²) in [5.74, 6) is 0.191. The van der Waals surface area contributed by atoms with Crippen molar-refractivity contribution >= 4 is 28.3 Å². The van der Waals surface area contributed by atoms with E-state index in [0.717, 1.165) is 23.6 Å². The summed E-state index contributed by atoms with van der Waals surface area (Å²) in [6.07, 6.45) is 2.94. The molecule has 0 saturated heterocycles. The summed E-state index contributed by atoms with van der Waals surface area (Å²) < 4.78 is 31.1. The maximum Gasteiger partial charge on any atom is 0.251 e. The Kier molecular flexibility index (Phi) is 7.67. The molecule has 7 nitrogen and oxygen atoms in total. The molecule has 0 aliphatic heterocycles. The highest BCUT2D eigenvalue weighted by Crippen LogP contribution is 2.28. The van der Waals surface area contributed by atoms with E-state index in [1.807, 2.05) is 0 Å². The monoisotopic (exact) mass is 391 g/mol. The van der Waals surface area contributed by atoms with Crippen molar-refractivity contribution in [3.05, 3.63) is 23.8 Å². The standard InChI is InChI=1S/C16H25N3O4S.ClH/c1-19(2)24(21,22)15-9-11(7-8-14(15)23-3)16(20)18-13-6-4-5-12(13)10-17;/h7-9,12-13H,4-6,10,17H2,1-3H3,(H,18,20);1H. The first-order valence-electron chi connectivity index (χ1n) is 7.92. The first-order chi connectivity index (χ1) is 11.3. The smallest absolute Gasteiger partial charge is 0.251 e. The Morgan fingerprint density at radius 1 is 1.36 bits per heavy atom. The van der Waals surface area contributed by atoms with Crippen LogP contribution in [0.3, 0.4) is 0 Å². The van der Waals surface area contributed by atoms with E-state index in [1.165, 1.54) is 33.3 Å². The van der Waals surface area contributed by atoms with Crippen molar-refractivity contribution in [2.45, 2.75) is 30.2 Å². The molecule has 0 heterocycles. The molecule has 1 aliphatic carbocycles. The van der Waals surface area contributed by atoms with Gasteiger partial charge in [0.15, 0.2) is 0 Å². The lowest BCUT2D eigenvalue weighted by atomic mass is 10.0. The van der Waals surface area contributed by atoms with Gasteiger partial charge in [-0.15, -0.1) is 12.4 Å². The molecule has 2 atom stereocenters. The Hall–Kier alpha value is -1.35. The summed E-state index contributed by atoms with van der Waals surface area (Å²) in [5, 5.41) is 2.97. The second-order valence-corrected chi connectivity index (χ2v) is 8.28. The van der Waals surface area contributed by atoms with Crippen LogP contribution in [-0.2, 0) is 10.0 Å². The third kappa shape index (κ3) is 4.63. The Labute approximate surface area is 155 Å². The molecular formula is C16H26ClN3O4S. The normalized spacial score (nSPS) is 20.2. The molecule has 9 heteroatoms. The Bertz CT molecular complexity index is 709. The van der Waals surface area contributed by atoms with E-state index in [0.29, 0.717) is 12.1 Å². The maximum absolute atomic E-state index is 12.5. The van der Waals surface area contributed by atoms with Gasteiger partial charge >= 0.3 is 0 Å². The number of hydrogen-bond acceptors (Lipinski definition) is 5. The highest BCUT2D eigenvalue weighted by molar-refractivity contribution is 7.89. The van der Waals surface area contributed by atoms with Gasteiger partial charge in [-0.3, -0.25) is 4.79 Å². The topological polar surface area (TPSA) is 102 Å². The first kappa shape index (κ1) is 21.7. The molecular weight excluding hydrogens is 366 g/mol. The van der Waals surface area contributed by atoms with Crippen LogP contribution in [0.25, 0.3) is 0 Å². The molecule has 0 spiro atoms. The summed E-state index contributed by atoms with van der Waals surface area (Å²) in [7, 11) is 0.560. The summed E-state index contributed by atoms with van der Waals surface area (Å²) in [4.78, 5) is 12.5. The van der Waals surface area contributed by atoms with E-state index in [1.54, 1.807) is 6.07 Å². The average molecular weight is 392 g/mol. The van der Waals surface area contributed by atoms with Crippen LogP contribution in [0, 0.1) is 5.92 Å². The zero-order valence-corrected chi connectivity index (χ0v) is 16.3. The second-order valence-electron chi connectivity index (χ2n) is 6.16. The molecule has 3 N–H and O–H groups in total. The molecule has 1 amide bonds. The summed E-state index contributed by atoms with van der Waals surface area (Å²) in [6, 6.07) is 4.46. The maximum atomic E-state index is 12.5. The molecule has 1 aromatic carbocycles. The molecule has 1 aliphatic rings. The minimum Gasteiger partial charge on any atom is -0.495 e. The lowest BCUT2D eigenvalue weighted by molar-refractivity contribution is 0.0928. The Balaban J connectivity index is 0.00000312. The molecule has 2 unspecified atom stereocenters. The lowest BCUT2D eigenvalue weighted by Crippen LogP contribution is -2.39. The van der Waals surface area contributed by atoms with Crippen LogP contribution in [0.4, 0.5) is 0 Å². The van der Waals surface area contributed by atoms with Crippen molar-refractivity contribution < 1.29 is 17.9 Å². The van der Waals surface area contributed by atoms with Crippen molar-refractivity contribution in [1.29, 1.82) is 0 Å². The van der Waals surface area contributed by atoms with Crippen LogP contribution < -0.4 is 15.8 Å². The minimum atomic E-state index is -3.71. The van der Waals surface area contributed by atoms with Crippen molar-refractivity contribution in [2.24, 2.45) is 11.7 Å². The van der Waals surface area contributed by atoms with E-state index in [4.69, 9.17) is 10.5 Å². The number of nitrogens with two attached hydrogens (primary N) is 1. The molecule has 25 heavy (non-hydrogen) atoms. The number of amides is 1. The summed E-state index contributed by atoms with van der Waals surface area (Å²) >= 11 is 0. The number of nitrogens with zero attached hydrogens (tertiary/aromatic N) is 1. The molecule has 0 bridgehead atoms. The number of methoxy groups -OCH3 is 1. The van der Waals surface area contributed by atoms with Gasteiger partial charge in [0, 0.05) is 25.7 Å². The molecule has 1 saturated carbocycles. The van der Waals surface area contributed by atoms with Crippen LogP contribution in [0.5, 0.6) is 5.75 Å². The van der Waals surface area contributed by atoms with Crippen LogP contribution in [0.1, 0.15) is 29.6 Å². The number of benzene rings is 1. The molecule has 2 rings (SSSR count). The number of hydrogen-bond donors (Lipinski definition) is 2. The van der Waals surface area contributed by atoms with E-state index >= 15 is 0 Å². The van der Waals surface area contributed by atoms with Gasteiger partial charge in [-0.2, -0.15) is 0 Å². The van der Waals surface area contributed by atoms with Gasteiger partial charge in [0.25, 0.3) is 5.91 Å². The fourth-order valence-corrected chi connectivity index (χ4v) is 4.05. The van der Waals surface area contributed by atoms with Gasteiger partial charge in [0.05, 0.1) is 7.11 Å². The highest BCUT2D eigenvalue weighted by atomic mass is 35.5. The zero-order valence-electron chi connectivity index (χ0n) is 14.7. The fourth-order valence-electron chi connectivity index (χ4n) is 2.98. The number of carbonyl (C=O) groups excluding carboxylic acids is 1. The number of carbonyl (C=O) groups is 1. The number of halogens is 1. The van der Waals surface area contributed by atoms with E-state index in [9.17, 15) is 13.2 Å². The zero-order chi connectivity index (χ0) is 17.9. The quantitative estimate of drug-likeness (QED) is 0.759. The minimum absolute atomic E-state index is 0. The number of sulfonamides is 1. The van der Waals surface area contributed by atoms with Crippen molar-refractivity contribution in [1.82, 2.24) is 9.62 Å². The Morgan fingerprint density at radius 3 is 2.60 bits per heavy atom. The van der Waals surface area contributed by atoms with Gasteiger partial charge in [0.1, 0.15) is 10.6 Å². The fraction of sp³-hybridized carbons (Fsp3) is 0.562. The van der Waals surface area contributed by atoms with E-state index < -0.39 is 10.0 Å². The van der Waals surface area contributed by atoms with Gasteiger partial charge < -0.3 is 15.8 Å².